The topological polar surface area (TPSA) is 51.8 Å². The Morgan fingerprint density at radius 1 is 1.21 bits per heavy atom. The molecular formula is C8H4ClF2N3. The molecular weight excluding hydrogens is 212 g/mol. The average Bonchev–Trinajstić information content (AvgIpc) is 2.10. The van der Waals surface area contributed by atoms with Crippen molar-refractivity contribution in [1.82, 2.24) is 9.97 Å². The third kappa shape index (κ3) is 1.26. The van der Waals surface area contributed by atoms with Crippen LogP contribution in [0.15, 0.2) is 12.1 Å². The van der Waals surface area contributed by atoms with Gasteiger partial charge in [-0.25, -0.2) is 18.7 Å². The van der Waals surface area contributed by atoms with Gasteiger partial charge in [0.25, 0.3) is 0 Å². The second-order valence-electron chi connectivity index (χ2n) is 2.63. The minimum atomic E-state index is -1.06. The molecule has 0 aliphatic carbocycles. The highest BCUT2D eigenvalue weighted by molar-refractivity contribution is 6.28. The quantitative estimate of drug-likeness (QED) is 0.685. The van der Waals surface area contributed by atoms with E-state index in [2.05, 4.69) is 9.97 Å². The first-order chi connectivity index (χ1) is 6.59. The Labute approximate surface area is 82.5 Å². The molecule has 2 N–H and O–H groups in total. The highest BCUT2D eigenvalue weighted by Gasteiger charge is 2.12. The van der Waals surface area contributed by atoms with Gasteiger partial charge in [0.05, 0.1) is 10.9 Å². The van der Waals surface area contributed by atoms with Crippen LogP contribution in [0.5, 0.6) is 0 Å². The first-order valence-electron chi connectivity index (χ1n) is 3.66. The fraction of sp³-hybridized carbons (Fsp3) is 0. The van der Waals surface area contributed by atoms with E-state index in [0.717, 1.165) is 6.07 Å². The molecule has 3 nitrogen and oxygen atoms in total. The van der Waals surface area contributed by atoms with E-state index in [-0.39, 0.29) is 22.0 Å². The van der Waals surface area contributed by atoms with E-state index in [1.807, 2.05) is 0 Å². The third-order valence-corrected chi connectivity index (χ3v) is 1.92. The van der Waals surface area contributed by atoms with Gasteiger partial charge in [0.1, 0.15) is 5.82 Å². The van der Waals surface area contributed by atoms with Gasteiger partial charge in [0.2, 0.25) is 5.28 Å². The van der Waals surface area contributed by atoms with E-state index >= 15 is 0 Å². The Morgan fingerprint density at radius 3 is 2.64 bits per heavy atom. The molecule has 0 saturated carbocycles. The van der Waals surface area contributed by atoms with Crippen molar-refractivity contribution in [3.63, 3.8) is 0 Å². The summed E-state index contributed by atoms with van der Waals surface area (Å²) in [5.41, 5.74) is 5.57. The van der Waals surface area contributed by atoms with Crippen LogP contribution in [0.2, 0.25) is 5.28 Å². The van der Waals surface area contributed by atoms with E-state index in [4.69, 9.17) is 17.3 Å². The van der Waals surface area contributed by atoms with Crippen LogP contribution in [-0.4, -0.2) is 9.97 Å². The number of hydrogen-bond acceptors (Lipinski definition) is 3. The lowest BCUT2D eigenvalue weighted by atomic mass is 10.2. The summed E-state index contributed by atoms with van der Waals surface area (Å²) in [4.78, 5) is 7.24. The molecule has 2 rings (SSSR count). The van der Waals surface area contributed by atoms with Crippen molar-refractivity contribution < 1.29 is 8.78 Å². The number of aromatic nitrogens is 2. The van der Waals surface area contributed by atoms with E-state index in [1.165, 1.54) is 6.07 Å². The lowest BCUT2D eigenvalue weighted by Gasteiger charge is -2.02. The number of nitrogens with zero attached hydrogens (tertiary/aromatic N) is 2. The average molecular weight is 216 g/mol. The molecule has 72 valence electrons. The van der Waals surface area contributed by atoms with E-state index in [1.54, 1.807) is 0 Å². The summed E-state index contributed by atoms with van der Waals surface area (Å²) in [6.07, 6.45) is 0. The van der Waals surface area contributed by atoms with Gasteiger partial charge < -0.3 is 5.73 Å². The number of halogens is 3. The van der Waals surface area contributed by atoms with Crippen LogP contribution in [0.4, 0.5) is 14.6 Å². The maximum atomic E-state index is 13.2. The number of rotatable bonds is 0. The van der Waals surface area contributed by atoms with Gasteiger partial charge in [0, 0.05) is 0 Å². The summed E-state index contributed by atoms with van der Waals surface area (Å²) in [6, 6.07) is 2.25. The first kappa shape index (κ1) is 9.08. The molecule has 0 atom stereocenters. The van der Waals surface area contributed by atoms with Crippen LogP contribution < -0.4 is 5.73 Å². The van der Waals surface area contributed by atoms with E-state index in [0.29, 0.717) is 0 Å². The van der Waals surface area contributed by atoms with Crippen molar-refractivity contribution in [2.75, 3.05) is 5.73 Å². The summed E-state index contributed by atoms with van der Waals surface area (Å²) in [7, 11) is 0. The molecule has 0 bridgehead atoms. The fourth-order valence-electron chi connectivity index (χ4n) is 1.16. The van der Waals surface area contributed by atoms with Crippen molar-refractivity contribution in [3.05, 3.63) is 29.1 Å². The van der Waals surface area contributed by atoms with Crippen molar-refractivity contribution in [3.8, 4) is 0 Å². The predicted octanol–water partition coefficient (Wildman–Crippen LogP) is 2.14. The standard InChI is InChI=1S/C8H4ClF2N3/c9-8-13-4-2-1-3(10)6(11)5(4)7(12)14-8/h1-2H,(H2,12,13,14). The molecule has 2 aromatic rings. The number of hydrogen-bond donors (Lipinski definition) is 1. The summed E-state index contributed by atoms with van der Waals surface area (Å²) >= 11 is 5.50. The SMILES string of the molecule is Nc1nc(Cl)nc2ccc(F)c(F)c12. The molecule has 0 unspecified atom stereocenters. The Bertz CT molecular complexity index is 515. The molecule has 0 aliphatic heterocycles. The van der Waals surface area contributed by atoms with E-state index in [9.17, 15) is 8.78 Å². The zero-order chi connectivity index (χ0) is 10.3. The Kier molecular flexibility index (Phi) is 1.96. The van der Waals surface area contributed by atoms with Gasteiger partial charge in [-0.05, 0) is 23.7 Å². The van der Waals surface area contributed by atoms with Gasteiger partial charge in [-0.1, -0.05) is 0 Å². The van der Waals surface area contributed by atoms with Gasteiger partial charge in [-0.3, -0.25) is 0 Å². The molecule has 1 aromatic heterocycles. The Morgan fingerprint density at radius 2 is 1.93 bits per heavy atom. The first-order valence-corrected chi connectivity index (χ1v) is 4.04. The number of nitrogens with two attached hydrogens (primary N) is 1. The van der Waals surface area contributed by atoms with Gasteiger partial charge in [-0.2, -0.15) is 0 Å². The minimum Gasteiger partial charge on any atom is -0.383 e. The summed E-state index contributed by atoms with van der Waals surface area (Å²) in [5, 5.41) is -0.240. The zero-order valence-electron chi connectivity index (χ0n) is 6.76. The van der Waals surface area contributed by atoms with Crippen LogP contribution in [0.1, 0.15) is 0 Å². The molecule has 0 amide bonds. The number of fused-ring (bicyclic) bond motifs is 1. The van der Waals surface area contributed by atoms with Crippen molar-refractivity contribution in [1.29, 1.82) is 0 Å². The lowest BCUT2D eigenvalue weighted by Crippen LogP contribution is -1.98. The van der Waals surface area contributed by atoms with Crippen molar-refractivity contribution in [2.45, 2.75) is 0 Å². The maximum absolute atomic E-state index is 13.2. The second-order valence-corrected chi connectivity index (χ2v) is 2.97. The second kappa shape index (κ2) is 3.02. The van der Waals surface area contributed by atoms with Gasteiger partial charge in [0.15, 0.2) is 11.6 Å². The number of nitrogen functional groups attached to an aromatic ring is 1. The highest BCUT2D eigenvalue weighted by atomic mass is 35.5. The molecule has 14 heavy (non-hydrogen) atoms. The van der Waals surface area contributed by atoms with Gasteiger partial charge >= 0.3 is 0 Å². The van der Waals surface area contributed by atoms with Crippen LogP contribution >= 0.6 is 11.6 Å². The Hall–Kier alpha value is -1.49. The molecule has 0 spiro atoms. The van der Waals surface area contributed by atoms with E-state index < -0.39 is 11.6 Å². The van der Waals surface area contributed by atoms with Crippen molar-refractivity contribution >= 4 is 28.3 Å². The normalized spacial score (nSPS) is 10.8. The fourth-order valence-corrected chi connectivity index (χ4v) is 1.34. The monoisotopic (exact) mass is 215 g/mol. The lowest BCUT2D eigenvalue weighted by molar-refractivity contribution is 0.517. The molecule has 0 radical (unpaired) electrons. The molecule has 1 heterocycles. The third-order valence-electron chi connectivity index (χ3n) is 1.75. The summed E-state index contributed by atoms with van der Waals surface area (Å²) in [6.45, 7) is 0. The smallest absolute Gasteiger partial charge is 0.224 e. The maximum Gasteiger partial charge on any atom is 0.224 e. The molecule has 6 heteroatoms. The Balaban J connectivity index is 2.95. The van der Waals surface area contributed by atoms with Gasteiger partial charge in [-0.15, -0.1) is 0 Å². The number of benzene rings is 1. The van der Waals surface area contributed by atoms with Crippen molar-refractivity contribution in [2.24, 2.45) is 0 Å². The van der Waals surface area contributed by atoms with Crippen LogP contribution in [-0.2, 0) is 0 Å². The number of anilines is 1. The minimum absolute atomic E-state index is 0.0963. The van der Waals surface area contributed by atoms with Crippen LogP contribution in [0, 0.1) is 11.6 Å². The molecule has 0 aliphatic rings. The van der Waals surface area contributed by atoms with Crippen LogP contribution in [0.3, 0.4) is 0 Å². The largest absolute Gasteiger partial charge is 0.383 e. The van der Waals surface area contributed by atoms with Crippen LogP contribution in [0.25, 0.3) is 10.9 Å². The zero-order valence-corrected chi connectivity index (χ0v) is 7.52. The summed E-state index contributed by atoms with van der Waals surface area (Å²) < 4.78 is 26.0. The predicted molar refractivity (Wildman–Crippen MR) is 48.9 cm³/mol. The molecule has 1 aromatic carbocycles. The molecule has 0 saturated heterocycles. The highest BCUT2D eigenvalue weighted by Crippen LogP contribution is 2.24. The summed E-state index contributed by atoms with van der Waals surface area (Å²) in [5.74, 6) is -2.22. The molecule has 0 fully saturated rings.